The van der Waals surface area contributed by atoms with E-state index in [-0.39, 0.29) is 12.5 Å². The van der Waals surface area contributed by atoms with Gasteiger partial charge in [-0.25, -0.2) is 0 Å². The molecule has 2 N–H and O–H groups in total. The van der Waals surface area contributed by atoms with Crippen molar-refractivity contribution in [1.82, 2.24) is 20.4 Å². The molecule has 2 atom stereocenters. The second-order valence-corrected chi connectivity index (χ2v) is 4.90. The molecule has 0 aliphatic carbocycles. The molecule has 1 saturated heterocycles. The van der Waals surface area contributed by atoms with Gasteiger partial charge in [-0.2, -0.15) is 0 Å². The fraction of sp³-hybridized carbons (Fsp3) is 1.00. The van der Waals surface area contributed by atoms with Crippen molar-refractivity contribution in [1.29, 1.82) is 0 Å². The van der Waals surface area contributed by atoms with Gasteiger partial charge in [0, 0.05) is 13.1 Å². The predicted molar refractivity (Wildman–Crippen MR) is 66.4 cm³/mol. The van der Waals surface area contributed by atoms with Crippen LogP contribution in [-0.2, 0) is 4.74 Å². The Hall–Kier alpha value is -0.200. The Morgan fingerprint density at radius 1 is 0.938 bits per heavy atom. The van der Waals surface area contributed by atoms with Crippen molar-refractivity contribution in [3.05, 3.63) is 0 Å². The van der Waals surface area contributed by atoms with Gasteiger partial charge in [0.2, 0.25) is 0 Å². The van der Waals surface area contributed by atoms with E-state index in [0.717, 1.165) is 32.6 Å². The van der Waals surface area contributed by atoms with Gasteiger partial charge in [-0.05, 0) is 47.7 Å². The Kier molecular flexibility index (Phi) is 6.23. The normalized spacial score (nSPS) is 28.1. The second-order valence-electron chi connectivity index (χ2n) is 4.90. The highest BCUT2D eigenvalue weighted by molar-refractivity contribution is 4.69. The Morgan fingerprint density at radius 2 is 1.38 bits per heavy atom. The number of ether oxygens (including phenoxy) is 1. The van der Waals surface area contributed by atoms with Crippen molar-refractivity contribution >= 4 is 0 Å². The molecular weight excluding hydrogens is 204 g/mol. The zero-order valence-corrected chi connectivity index (χ0v) is 11.0. The zero-order chi connectivity index (χ0) is 12.0. The highest BCUT2D eigenvalue weighted by Crippen LogP contribution is 2.00. The van der Waals surface area contributed by atoms with E-state index in [1.54, 1.807) is 0 Å². The minimum Gasteiger partial charge on any atom is -0.343 e. The van der Waals surface area contributed by atoms with Crippen molar-refractivity contribution in [3.63, 3.8) is 0 Å². The van der Waals surface area contributed by atoms with Crippen LogP contribution in [0, 0.1) is 0 Å². The highest BCUT2D eigenvalue weighted by atomic mass is 16.5. The Balaban J connectivity index is 2.42. The van der Waals surface area contributed by atoms with E-state index in [4.69, 9.17) is 4.74 Å². The molecule has 1 rings (SSSR count). The maximum Gasteiger partial charge on any atom is 0.123 e. The van der Waals surface area contributed by atoms with Gasteiger partial charge in [-0.3, -0.25) is 10.6 Å². The summed E-state index contributed by atoms with van der Waals surface area (Å²) in [6.45, 7) is 3.84. The first-order chi connectivity index (χ1) is 7.58. The van der Waals surface area contributed by atoms with Crippen molar-refractivity contribution in [2.24, 2.45) is 0 Å². The molecule has 0 aromatic carbocycles. The summed E-state index contributed by atoms with van der Waals surface area (Å²) in [5.74, 6) is 0. The standard InChI is InChI=1S/C11H26N4O/c1-14(2)8-10-12-6-5-7-13-11(16-10)9-15(3)4/h10-13H,5-9H2,1-4H3. The maximum absolute atomic E-state index is 6.01. The van der Waals surface area contributed by atoms with Crippen molar-refractivity contribution in [2.45, 2.75) is 18.9 Å². The van der Waals surface area contributed by atoms with Crippen LogP contribution in [0.5, 0.6) is 0 Å². The molecule has 96 valence electrons. The fourth-order valence-electron chi connectivity index (χ4n) is 1.79. The summed E-state index contributed by atoms with van der Waals surface area (Å²) >= 11 is 0. The lowest BCUT2D eigenvalue weighted by molar-refractivity contribution is -0.0697. The Bertz CT molecular complexity index is 169. The molecule has 5 heteroatoms. The molecule has 16 heavy (non-hydrogen) atoms. The predicted octanol–water partition coefficient (Wildman–Crippen LogP) is -0.639. The van der Waals surface area contributed by atoms with E-state index in [0.29, 0.717) is 0 Å². The number of hydrogen-bond donors (Lipinski definition) is 2. The van der Waals surface area contributed by atoms with E-state index in [9.17, 15) is 0 Å². The van der Waals surface area contributed by atoms with Gasteiger partial charge in [0.25, 0.3) is 0 Å². The Labute approximate surface area is 99.1 Å². The average molecular weight is 230 g/mol. The number of nitrogens with zero attached hydrogens (tertiary/aromatic N) is 2. The lowest BCUT2D eigenvalue weighted by Crippen LogP contribution is -2.52. The summed E-state index contributed by atoms with van der Waals surface area (Å²) < 4.78 is 6.01. The van der Waals surface area contributed by atoms with Crippen molar-refractivity contribution < 1.29 is 4.74 Å². The highest BCUT2D eigenvalue weighted by Gasteiger charge is 2.19. The second kappa shape index (κ2) is 7.19. The first kappa shape index (κ1) is 13.9. The fourth-order valence-corrected chi connectivity index (χ4v) is 1.79. The van der Waals surface area contributed by atoms with Crippen LogP contribution in [0.3, 0.4) is 0 Å². The molecule has 0 saturated carbocycles. The number of nitrogens with one attached hydrogen (secondary N) is 2. The molecule has 1 aliphatic heterocycles. The van der Waals surface area contributed by atoms with Gasteiger partial charge < -0.3 is 14.5 Å². The van der Waals surface area contributed by atoms with Crippen LogP contribution in [0.4, 0.5) is 0 Å². The van der Waals surface area contributed by atoms with Crippen molar-refractivity contribution in [3.8, 4) is 0 Å². The number of hydrogen-bond acceptors (Lipinski definition) is 5. The molecule has 1 fully saturated rings. The van der Waals surface area contributed by atoms with Gasteiger partial charge in [0.1, 0.15) is 12.5 Å². The van der Waals surface area contributed by atoms with Crippen LogP contribution in [0.2, 0.25) is 0 Å². The molecule has 0 aromatic rings. The molecule has 1 aliphatic rings. The molecule has 0 amide bonds. The minimum atomic E-state index is 0.118. The van der Waals surface area contributed by atoms with Crippen LogP contribution in [0.1, 0.15) is 6.42 Å². The van der Waals surface area contributed by atoms with Crippen LogP contribution in [-0.4, -0.2) is 76.6 Å². The summed E-state index contributed by atoms with van der Waals surface area (Å²) in [5, 5.41) is 6.87. The number of likely N-dealkylation sites (N-methyl/N-ethyl adjacent to an activating group) is 2. The minimum absolute atomic E-state index is 0.118. The van der Waals surface area contributed by atoms with Gasteiger partial charge in [-0.15, -0.1) is 0 Å². The van der Waals surface area contributed by atoms with E-state index in [2.05, 4.69) is 48.6 Å². The van der Waals surface area contributed by atoms with Gasteiger partial charge in [0.15, 0.2) is 0 Å². The van der Waals surface area contributed by atoms with Crippen LogP contribution in [0.25, 0.3) is 0 Å². The molecule has 0 radical (unpaired) electrons. The largest absolute Gasteiger partial charge is 0.343 e. The lowest BCUT2D eigenvalue weighted by Gasteiger charge is -2.32. The van der Waals surface area contributed by atoms with Crippen molar-refractivity contribution in [2.75, 3.05) is 54.4 Å². The van der Waals surface area contributed by atoms with Gasteiger partial charge in [0.05, 0.1) is 0 Å². The molecule has 0 aromatic heterocycles. The molecule has 5 nitrogen and oxygen atoms in total. The smallest absolute Gasteiger partial charge is 0.123 e. The third kappa shape index (κ3) is 5.77. The van der Waals surface area contributed by atoms with Crippen LogP contribution in [0.15, 0.2) is 0 Å². The SMILES string of the molecule is CN(C)CC1NCCCNC(CN(C)C)O1. The van der Waals surface area contributed by atoms with E-state index in [1.807, 2.05) is 0 Å². The van der Waals surface area contributed by atoms with E-state index in [1.165, 1.54) is 0 Å². The first-order valence-electron chi connectivity index (χ1n) is 5.99. The summed E-state index contributed by atoms with van der Waals surface area (Å²) in [7, 11) is 8.27. The molecule has 0 spiro atoms. The average Bonchev–Trinajstić information content (AvgIpc) is 2.10. The van der Waals surface area contributed by atoms with Gasteiger partial charge >= 0.3 is 0 Å². The third-order valence-corrected chi connectivity index (χ3v) is 2.49. The Morgan fingerprint density at radius 3 is 1.75 bits per heavy atom. The monoisotopic (exact) mass is 230 g/mol. The van der Waals surface area contributed by atoms with Crippen LogP contribution >= 0.6 is 0 Å². The third-order valence-electron chi connectivity index (χ3n) is 2.49. The summed E-state index contributed by atoms with van der Waals surface area (Å²) in [4.78, 5) is 4.29. The zero-order valence-electron chi connectivity index (χ0n) is 11.0. The van der Waals surface area contributed by atoms with E-state index >= 15 is 0 Å². The summed E-state index contributed by atoms with van der Waals surface area (Å²) in [6, 6.07) is 0. The molecule has 1 heterocycles. The lowest BCUT2D eigenvalue weighted by atomic mass is 10.3. The molecule has 2 unspecified atom stereocenters. The topological polar surface area (TPSA) is 39.8 Å². The summed E-state index contributed by atoms with van der Waals surface area (Å²) in [6.07, 6.45) is 1.39. The van der Waals surface area contributed by atoms with Crippen LogP contribution < -0.4 is 10.6 Å². The molecular formula is C11H26N4O. The molecule has 0 bridgehead atoms. The first-order valence-corrected chi connectivity index (χ1v) is 5.99. The quantitative estimate of drug-likeness (QED) is 0.672. The maximum atomic E-state index is 6.01. The van der Waals surface area contributed by atoms with Gasteiger partial charge in [-0.1, -0.05) is 0 Å². The summed E-state index contributed by atoms with van der Waals surface area (Å²) in [5.41, 5.74) is 0. The number of rotatable bonds is 4. The van der Waals surface area contributed by atoms with E-state index < -0.39 is 0 Å².